The minimum Gasteiger partial charge on any atom is -0.126 e. The van der Waals surface area contributed by atoms with Gasteiger partial charge in [0.2, 0.25) is 0 Å². The Labute approximate surface area is 205 Å². The van der Waals surface area contributed by atoms with Gasteiger partial charge in [0.15, 0.2) is 5.75 Å². The van der Waals surface area contributed by atoms with Gasteiger partial charge in [0, 0.05) is 0 Å². The Morgan fingerprint density at radius 2 is 1.31 bits per heavy atom. The van der Waals surface area contributed by atoms with E-state index in [1.165, 1.54) is 24.8 Å². The molecule has 0 heterocycles. The van der Waals surface area contributed by atoms with Gasteiger partial charge >= 0.3 is 41.3 Å². The molecule has 32 heavy (non-hydrogen) atoms. The smallest absolute Gasteiger partial charge is 0.0771 e. The van der Waals surface area contributed by atoms with E-state index in [-0.39, 0.29) is 0 Å². The molecule has 2 nitrogen and oxygen atoms in total. The quantitative estimate of drug-likeness (QED) is 0.239. The molecule has 0 aromatic heterocycles. The van der Waals surface area contributed by atoms with Gasteiger partial charge in [0.25, 0.3) is 0 Å². The van der Waals surface area contributed by atoms with E-state index in [1.807, 2.05) is 30.3 Å². The zero-order chi connectivity index (χ0) is 22.9. The summed E-state index contributed by atoms with van der Waals surface area (Å²) in [5.41, 5.74) is 2.20. The molecule has 5 rings (SSSR count). The van der Waals surface area contributed by atoms with Crippen molar-refractivity contribution < 1.29 is 33.7 Å². The Bertz CT molecular complexity index is 1230. The first-order valence-electron chi connectivity index (χ1n) is 10.5. The van der Waals surface area contributed by atoms with Crippen molar-refractivity contribution in [3.8, 4) is 22.6 Å². The predicted octanol–water partition coefficient (Wildman–Crippen LogP) is 7.55. The molecule has 5 aromatic carbocycles. The average molecular weight is 500 g/mol. The van der Waals surface area contributed by atoms with Crippen LogP contribution in [-0.2, 0) is 24.2 Å². The summed E-state index contributed by atoms with van der Waals surface area (Å²) in [5.74, 6) is 1.54. The van der Waals surface area contributed by atoms with Crippen molar-refractivity contribution in [1.82, 2.24) is 0 Å². The number of benzene rings is 3. The average Bonchev–Trinajstić information content (AvgIpc) is 3.46. The number of rotatable bonds is 3. The Hall–Kier alpha value is -2.77. The van der Waals surface area contributed by atoms with Crippen LogP contribution in [0.15, 0.2) is 97.1 Å². The topological polar surface area (TPSA) is 18.5 Å². The van der Waals surface area contributed by atoms with E-state index in [4.69, 9.17) is 9.47 Å². The Kier molecular flexibility index (Phi) is 8.76. The van der Waals surface area contributed by atoms with Crippen LogP contribution in [0.4, 0.5) is 0 Å². The largest absolute Gasteiger partial charge is 0.126 e. The van der Waals surface area contributed by atoms with Gasteiger partial charge in [-0.1, -0.05) is 54.1 Å². The fraction of sp³-hybridized carbons (Fsp3) is 0.138. The maximum absolute atomic E-state index is 5.37. The molecule has 0 radical (unpaired) electrons. The first-order chi connectivity index (χ1) is 15.5. The predicted molar refractivity (Wildman–Crippen MR) is 134 cm³/mol. The number of hydrogen-bond acceptors (Lipinski definition) is 2. The summed E-state index contributed by atoms with van der Waals surface area (Å²) in [7, 11) is 3.30. The molecule has 0 spiro atoms. The number of fused-ring (bicyclic) bond motifs is 3. The van der Waals surface area contributed by atoms with E-state index >= 15 is 0 Å². The van der Waals surface area contributed by atoms with Gasteiger partial charge in [-0.15, -0.1) is 51.4 Å². The van der Waals surface area contributed by atoms with Gasteiger partial charge in [-0.25, -0.2) is 0 Å². The van der Waals surface area contributed by atoms with Crippen LogP contribution in [-0.4, -0.2) is 17.4 Å². The number of para-hydroxylation sites is 1. The molecule has 0 fully saturated rings. The van der Waals surface area contributed by atoms with Crippen molar-refractivity contribution in [3.05, 3.63) is 97.1 Å². The van der Waals surface area contributed by atoms with E-state index in [0.717, 1.165) is 22.6 Å². The third-order valence-electron chi connectivity index (χ3n) is 4.90. The second-order valence-electron chi connectivity index (χ2n) is 7.53. The maximum atomic E-state index is 5.37. The Morgan fingerprint density at radius 1 is 0.719 bits per heavy atom. The zero-order valence-corrected chi connectivity index (χ0v) is 21.5. The van der Waals surface area contributed by atoms with Crippen LogP contribution < -0.4 is 9.47 Å². The van der Waals surface area contributed by atoms with E-state index < -0.39 is 0 Å². The van der Waals surface area contributed by atoms with E-state index in [2.05, 4.69) is 80.6 Å². The van der Waals surface area contributed by atoms with E-state index in [0.29, 0.717) is 0 Å². The van der Waals surface area contributed by atoms with Gasteiger partial charge in [-0.2, -0.15) is 18.2 Å². The summed E-state index contributed by atoms with van der Waals surface area (Å²) in [5, 5.41) is 5.39. The summed E-state index contributed by atoms with van der Waals surface area (Å²) in [6.07, 6.45) is 0. The van der Waals surface area contributed by atoms with Crippen LogP contribution in [0.2, 0.25) is 0 Å². The van der Waals surface area contributed by atoms with Crippen LogP contribution in [0.5, 0.6) is 11.5 Å². The summed E-state index contributed by atoms with van der Waals surface area (Å²) in [6, 6.07) is 33.3. The van der Waals surface area contributed by atoms with E-state index in [1.54, 1.807) is 38.5 Å². The summed E-state index contributed by atoms with van der Waals surface area (Å²) in [6.45, 7) is 4.25. The third-order valence-corrected chi connectivity index (χ3v) is 4.90. The zero-order valence-electron chi connectivity index (χ0n) is 19.1. The second-order valence-corrected chi connectivity index (χ2v) is 9.99. The van der Waals surface area contributed by atoms with Crippen molar-refractivity contribution >= 4 is 24.8 Å². The molecule has 0 aliphatic carbocycles. The number of ether oxygens (including phenoxy) is 2. The van der Waals surface area contributed by atoms with Crippen LogP contribution in [0.1, 0.15) is 13.8 Å². The van der Waals surface area contributed by atoms with Crippen molar-refractivity contribution in [2.75, 3.05) is 14.2 Å². The van der Waals surface area contributed by atoms with Crippen molar-refractivity contribution in [1.29, 1.82) is 0 Å². The Morgan fingerprint density at radius 3 is 1.81 bits per heavy atom. The van der Waals surface area contributed by atoms with Gasteiger partial charge < -0.3 is 9.47 Å². The second kappa shape index (κ2) is 11.7. The minimum atomic E-state index is 0.760. The molecule has 0 saturated carbocycles. The first-order valence-corrected chi connectivity index (χ1v) is 11.8. The van der Waals surface area contributed by atoms with Gasteiger partial charge in [0.1, 0.15) is 5.75 Å². The SMILES string of the molecule is COc1cccc(-c2ccc[cH-]2)c1OC.C[C](C)=[Zr+2].c1ccc2c(c1)[cH-]c1ccccc12. The van der Waals surface area contributed by atoms with Crippen LogP contribution in [0.25, 0.3) is 32.7 Å². The molecule has 0 atom stereocenters. The Balaban J connectivity index is 0.000000156. The van der Waals surface area contributed by atoms with Crippen molar-refractivity contribution in [2.24, 2.45) is 0 Å². The van der Waals surface area contributed by atoms with Gasteiger partial charge in [-0.3, -0.25) is 0 Å². The molecule has 3 heteroatoms. The van der Waals surface area contributed by atoms with Crippen molar-refractivity contribution in [3.63, 3.8) is 0 Å². The van der Waals surface area contributed by atoms with Crippen LogP contribution >= 0.6 is 0 Å². The van der Waals surface area contributed by atoms with Crippen LogP contribution in [0.3, 0.4) is 0 Å². The minimum absolute atomic E-state index is 0.760. The maximum Gasteiger partial charge on any atom is -0.0771 e. The number of methoxy groups -OCH3 is 2. The summed E-state index contributed by atoms with van der Waals surface area (Å²) in [4.78, 5) is 0. The molecule has 5 aromatic rings. The van der Waals surface area contributed by atoms with Gasteiger partial charge in [-0.05, 0) is 6.07 Å². The third kappa shape index (κ3) is 5.93. The van der Waals surface area contributed by atoms with Crippen molar-refractivity contribution in [2.45, 2.75) is 13.8 Å². The summed E-state index contributed by atoms with van der Waals surface area (Å²) < 4.78 is 12.1. The molecule has 0 aliphatic rings. The van der Waals surface area contributed by atoms with E-state index in [9.17, 15) is 0 Å². The molecule has 0 amide bonds. The molecule has 0 bridgehead atoms. The molecule has 160 valence electrons. The molecule has 0 N–H and O–H groups in total. The molecular weight excluding hydrogens is 472 g/mol. The molecule has 0 aliphatic heterocycles. The molecule has 0 saturated heterocycles. The molecular formula is C29H28O2Zr. The molecule has 0 unspecified atom stereocenters. The van der Waals surface area contributed by atoms with Crippen LogP contribution in [0, 0.1) is 0 Å². The standard InChI is InChI=1S/C13H13O2.C13H9.C3H6.Zr/c1-14-12-9-5-8-11(13(12)15-2)10-6-3-4-7-10;1-3-7-12-10(5-1)9-11-6-2-4-8-13(11)12;1-3-2;/h3-9H,1-2H3;1-9H;1-2H3;/q2*-1;;+2. The fourth-order valence-corrected chi connectivity index (χ4v) is 3.57. The monoisotopic (exact) mass is 498 g/mol. The normalized spacial score (nSPS) is 10.1. The fourth-order valence-electron chi connectivity index (χ4n) is 3.57. The first kappa shape index (κ1) is 23.9. The number of hydrogen-bond donors (Lipinski definition) is 0. The van der Waals surface area contributed by atoms with Gasteiger partial charge in [0.05, 0.1) is 14.2 Å². The summed E-state index contributed by atoms with van der Waals surface area (Å²) >= 11 is 1.55.